The molecule has 0 bridgehead atoms. The Hall–Kier alpha value is -3.31. The minimum Gasteiger partial charge on any atom is -0.435 e. The average Bonchev–Trinajstić information content (AvgIpc) is 3.16. The van der Waals surface area contributed by atoms with Crippen molar-refractivity contribution in [2.24, 2.45) is 0 Å². The minimum atomic E-state index is -4.74. The van der Waals surface area contributed by atoms with E-state index in [1.54, 1.807) is 6.08 Å². The molecule has 3 aromatic carbocycles. The van der Waals surface area contributed by atoms with Gasteiger partial charge in [0.25, 0.3) is 20.2 Å². The van der Waals surface area contributed by atoms with Gasteiger partial charge >= 0.3 is 0 Å². The third-order valence-electron chi connectivity index (χ3n) is 4.92. The van der Waals surface area contributed by atoms with E-state index >= 15 is 0 Å². The van der Waals surface area contributed by atoms with Gasteiger partial charge in [0, 0.05) is 11.0 Å². The van der Waals surface area contributed by atoms with E-state index in [9.17, 15) is 25.9 Å². The molecule has 4 aromatic rings. The third-order valence-corrected chi connectivity index (χ3v) is 6.63. The maximum Gasteiger partial charge on any atom is 0.298 e. The first-order valence-electron chi connectivity index (χ1n) is 9.20. The molecule has 0 aliphatic carbocycles. The molecular formula is C22H17NO7S2. The van der Waals surface area contributed by atoms with Gasteiger partial charge in [-0.1, -0.05) is 43.0 Å². The van der Waals surface area contributed by atoms with Crippen LogP contribution in [0, 0.1) is 6.92 Å². The summed E-state index contributed by atoms with van der Waals surface area (Å²) < 4.78 is 71.5. The van der Waals surface area contributed by atoms with E-state index in [1.165, 1.54) is 6.07 Å². The fourth-order valence-corrected chi connectivity index (χ4v) is 4.44. The SMILES string of the molecule is C=C(/C=C\c1ccccc1C)c1nc2c(o1)c(S(=O)(=O)O)cc1cc(S(=O)(=O)O)ccc12. The molecule has 4 rings (SSSR count). The van der Waals surface area contributed by atoms with Gasteiger partial charge in [-0.3, -0.25) is 9.11 Å². The Morgan fingerprint density at radius 3 is 2.41 bits per heavy atom. The van der Waals surface area contributed by atoms with Crippen molar-refractivity contribution < 1.29 is 30.4 Å². The van der Waals surface area contributed by atoms with Crippen LogP contribution in [-0.2, 0) is 20.2 Å². The zero-order valence-corrected chi connectivity index (χ0v) is 18.3. The van der Waals surface area contributed by atoms with E-state index < -0.39 is 30.0 Å². The van der Waals surface area contributed by atoms with Crippen LogP contribution in [0.15, 0.2) is 75.4 Å². The Morgan fingerprint density at radius 2 is 1.75 bits per heavy atom. The summed E-state index contributed by atoms with van der Waals surface area (Å²) in [6.45, 7) is 5.87. The summed E-state index contributed by atoms with van der Waals surface area (Å²) in [6.07, 6.45) is 3.48. The van der Waals surface area contributed by atoms with Crippen molar-refractivity contribution in [2.45, 2.75) is 16.7 Å². The molecule has 0 amide bonds. The highest BCUT2D eigenvalue weighted by Gasteiger charge is 2.23. The van der Waals surface area contributed by atoms with Crippen LogP contribution >= 0.6 is 0 Å². The van der Waals surface area contributed by atoms with Crippen molar-refractivity contribution in [3.05, 3.63) is 78.2 Å². The van der Waals surface area contributed by atoms with Gasteiger partial charge in [-0.05, 0) is 47.7 Å². The quantitative estimate of drug-likeness (QED) is 0.321. The van der Waals surface area contributed by atoms with Crippen molar-refractivity contribution in [2.75, 3.05) is 0 Å². The second kappa shape index (κ2) is 7.68. The molecule has 0 aliphatic heterocycles. The van der Waals surface area contributed by atoms with E-state index in [1.807, 2.05) is 37.3 Å². The number of allylic oxidation sites excluding steroid dienone is 2. The number of hydrogen-bond acceptors (Lipinski definition) is 6. The largest absolute Gasteiger partial charge is 0.435 e. The zero-order chi connectivity index (χ0) is 23.3. The molecule has 0 saturated carbocycles. The van der Waals surface area contributed by atoms with E-state index in [2.05, 4.69) is 11.6 Å². The molecule has 2 N–H and O–H groups in total. The summed E-state index contributed by atoms with van der Waals surface area (Å²) in [5.74, 6) is 0.0288. The first-order chi connectivity index (χ1) is 14.9. The summed E-state index contributed by atoms with van der Waals surface area (Å²) >= 11 is 0. The lowest BCUT2D eigenvalue weighted by molar-refractivity contribution is 0.480. The second-order valence-electron chi connectivity index (χ2n) is 7.12. The molecule has 1 heterocycles. The molecule has 164 valence electrons. The Kier molecular flexibility index (Phi) is 5.25. The molecule has 0 radical (unpaired) electrons. The molecular weight excluding hydrogens is 454 g/mol. The summed E-state index contributed by atoms with van der Waals surface area (Å²) in [7, 11) is -9.26. The van der Waals surface area contributed by atoms with Crippen LogP contribution in [0.2, 0.25) is 0 Å². The molecule has 32 heavy (non-hydrogen) atoms. The summed E-state index contributed by atoms with van der Waals surface area (Å²) in [5, 5.41) is 0.492. The highest BCUT2D eigenvalue weighted by atomic mass is 32.2. The van der Waals surface area contributed by atoms with Gasteiger partial charge in [-0.2, -0.15) is 16.8 Å². The molecule has 0 saturated heterocycles. The smallest absolute Gasteiger partial charge is 0.298 e. The Balaban J connectivity index is 1.91. The number of benzene rings is 3. The van der Waals surface area contributed by atoms with Crippen molar-refractivity contribution in [3.63, 3.8) is 0 Å². The molecule has 0 spiro atoms. The van der Waals surface area contributed by atoms with Crippen molar-refractivity contribution in [1.82, 2.24) is 4.98 Å². The van der Waals surface area contributed by atoms with Gasteiger partial charge in [0.15, 0.2) is 5.58 Å². The Labute approximate surface area is 184 Å². The number of aromatic nitrogens is 1. The molecule has 0 atom stereocenters. The third kappa shape index (κ3) is 4.08. The van der Waals surface area contributed by atoms with Crippen LogP contribution in [0.5, 0.6) is 0 Å². The number of fused-ring (bicyclic) bond motifs is 3. The lowest BCUT2D eigenvalue weighted by atomic mass is 10.1. The van der Waals surface area contributed by atoms with Crippen LogP contribution < -0.4 is 0 Å². The Morgan fingerprint density at radius 1 is 1.03 bits per heavy atom. The molecule has 0 fully saturated rings. The monoisotopic (exact) mass is 471 g/mol. The van der Waals surface area contributed by atoms with Gasteiger partial charge in [0.1, 0.15) is 10.4 Å². The van der Waals surface area contributed by atoms with Crippen molar-refractivity contribution >= 4 is 53.8 Å². The summed E-state index contributed by atoms with van der Waals surface area (Å²) in [4.78, 5) is 3.32. The van der Waals surface area contributed by atoms with Crippen LogP contribution in [0.25, 0.3) is 33.5 Å². The molecule has 0 unspecified atom stereocenters. The zero-order valence-electron chi connectivity index (χ0n) is 16.7. The van der Waals surface area contributed by atoms with E-state index in [0.717, 1.165) is 29.3 Å². The maximum absolute atomic E-state index is 12.0. The first kappa shape index (κ1) is 21.9. The predicted octanol–water partition coefficient (Wildman–Crippen LogP) is 4.51. The Bertz CT molecular complexity index is 1650. The lowest BCUT2D eigenvalue weighted by Crippen LogP contribution is -2.00. The summed E-state index contributed by atoms with van der Waals surface area (Å²) in [6, 6.07) is 12.3. The predicted molar refractivity (Wildman–Crippen MR) is 120 cm³/mol. The van der Waals surface area contributed by atoms with E-state index in [4.69, 9.17) is 4.42 Å². The standard InChI is InChI=1S/C22H17NO7S2/c1-13-5-3-4-6-15(13)8-7-14(2)22-23-20-18-10-9-17(31(24,25)26)11-16(18)12-19(21(20)30-22)32(27,28)29/h3-12H,2H2,1H3,(H,24,25,26)(H,27,28,29)/b8-7-. The van der Waals surface area contributed by atoms with E-state index in [0.29, 0.717) is 11.0 Å². The fourth-order valence-electron chi connectivity index (χ4n) is 3.28. The molecule has 1 aromatic heterocycles. The number of oxazole rings is 1. The number of hydrogen-bond donors (Lipinski definition) is 2. The minimum absolute atomic E-state index is 0.0288. The number of nitrogens with zero attached hydrogens (tertiary/aromatic N) is 1. The van der Waals surface area contributed by atoms with Gasteiger partial charge in [0.05, 0.1) is 4.90 Å². The highest BCUT2D eigenvalue weighted by molar-refractivity contribution is 7.86. The van der Waals surface area contributed by atoms with Crippen LogP contribution in [-0.4, -0.2) is 30.9 Å². The highest BCUT2D eigenvalue weighted by Crippen LogP contribution is 2.34. The average molecular weight is 472 g/mol. The van der Waals surface area contributed by atoms with Crippen LogP contribution in [0.1, 0.15) is 17.0 Å². The van der Waals surface area contributed by atoms with Crippen molar-refractivity contribution in [1.29, 1.82) is 0 Å². The van der Waals surface area contributed by atoms with Crippen LogP contribution in [0.4, 0.5) is 0 Å². The molecule has 0 aliphatic rings. The fraction of sp³-hybridized carbons (Fsp3) is 0.0455. The normalized spacial score (nSPS) is 12.7. The first-order valence-corrected chi connectivity index (χ1v) is 12.1. The maximum atomic E-state index is 12.0. The molecule has 8 nitrogen and oxygen atoms in total. The van der Waals surface area contributed by atoms with Gasteiger partial charge < -0.3 is 4.42 Å². The van der Waals surface area contributed by atoms with Gasteiger partial charge in [-0.15, -0.1) is 0 Å². The lowest BCUT2D eigenvalue weighted by Gasteiger charge is -2.04. The van der Waals surface area contributed by atoms with Gasteiger partial charge in [0.2, 0.25) is 5.89 Å². The topological polar surface area (TPSA) is 135 Å². The van der Waals surface area contributed by atoms with E-state index in [-0.39, 0.29) is 22.4 Å². The van der Waals surface area contributed by atoms with Gasteiger partial charge in [-0.25, -0.2) is 4.98 Å². The van der Waals surface area contributed by atoms with Crippen LogP contribution in [0.3, 0.4) is 0 Å². The summed E-state index contributed by atoms with van der Waals surface area (Å²) in [5.41, 5.74) is 2.25. The number of rotatable bonds is 5. The molecule has 10 heteroatoms. The second-order valence-corrected chi connectivity index (χ2v) is 9.93. The van der Waals surface area contributed by atoms with Crippen molar-refractivity contribution in [3.8, 4) is 0 Å². The number of aryl methyl sites for hydroxylation is 1.